The Morgan fingerprint density at radius 3 is 2.76 bits per heavy atom. The minimum Gasteiger partial charge on any atom is -0.435 e. The van der Waals surface area contributed by atoms with Crippen LogP contribution in [0.15, 0.2) is 12.4 Å². The first-order chi connectivity index (χ1) is 10.2. The standard InChI is InChI=1S/C14H22N6O/c1-4-6-12-17-13(19-15)10(3)14(18-12)21-11-8-16-20(9-11)7-5-2/h8-9H,4-7,15H2,1-3H3,(H,17,18,19). The monoisotopic (exact) mass is 290 g/mol. The number of hydrazine groups is 1. The molecule has 0 aliphatic heterocycles. The van der Waals surface area contributed by atoms with Crippen LogP contribution in [0.3, 0.4) is 0 Å². The van der Waals surface area contributed by atoms with Gasteiger partial charge in [0.2, 0.25) is 5.88 Å². The predicted molar refractivity (Wildman–Crippen MR) is 81.2 cm³/mol. The third-order valence-corrected chi connectivity index (χ3v) is 3.03. The molecule has 0 bridgehead atoms. The normalized spacial score (nSPS) is 10.7. The Bertz CT molecular complexity index is 595. The maximum Gasteiger partial charge on any atom is 0.227 e. The number of nitrogens with one attached hydrogen (secondary N) is 1. The van der Waals surface area contributed by atoms with E-state index in [1.165, 1.54) is 0 Å². The van der Waals surface area contributed by atoms with Crippen molar-refractivity contribution in [1.82, 2.24) is 19.7 Å². The summed E-state index contributed by atoms with van der Waals surface area (Å²) in [6.45, 7) is 6.92. The molecule has 0 spiro atoms. The van der Waals surface area contributed by atoms with Gasteiger partial charge in [-0.3, -0.25) is 4.68 Å². The second-order valence-corrected chi connectivity index (χ2v) is 4.85. The van der Waals surface area contributed by atoms with Crippen molar-refractivity contribution >= 4 is 5.82 Å². The number of aryl methyl sites for hydroxylation is 2. The third-order valence-electron chi connectivity index (χ3n) is 3.03. The molecule has 0 aliphatic carbocycles. The average Bonchev–Trinajstić information content (AvgIpc) is 2.90. The van der Waals surface area contributed by atoms with E-state index in [1.807, 2.05) is 17.8 Å². The maximum atomic E-state index is 5.84. The molecule has 0 aromatic carbocycles. The lowest BCUT2D eigenvalue weighted by Gasteiger charge is -2.11. The molecule has 0 saturated heterocycles. The summed E-state index contributed by atoms with van der Waals surface area (Å²) in [6, 6.07) is 0. The van der Waals surface area contributed by atoms with E-state index in [0.717, 1.165) is 31.4 Å². The van der Waals surface area contributed by atoms with Gasteiger partial charge in [0.15, 0.2) is 5.75 Å². The van der Waals surface area contributed by atoms with Crippen LogP contribution in [0.25, 0.3) is 0 Å². The summed E-state index contributed by atoms with van der Waals surface area (Å²) in [6.07, 6.45) is 6.31. The fourth-order valence-corrected chi connectivity index (χ4v) is 1.98. The Hall–Kier alpha value is -2.15. The smallest absolute Gasteiger partial charge is 0.227 e. The second-order valence-electron chi connectivity index (χ2n) is 4.85. The fourth-order valence-electron chi connectivity index (χ4n) is 1.98. The Morgan fingerprint density at radius 2 is 2.10 bits per heavy atom. The summed E-state index contributed by atoms with van der Waals surface area (Å²) < 4.78 is 7.68. The highest BCUT2D eigenvalue weighted by Gasteiger charge is 2.13. The van der Waals surface area contributed by atoms with Gasteiger partial charge in [-0.05, 0) is 19.8 Å². The van der Waals surface area contributed by atoms with Gasteiger partial charge in [0.25, 0.3) is 0 Å². The number of hydrogen-bond donors (Lipinski definition) is 2. The van der Waals surface area contributed by atoms with Crippen molar-refractivity contribution in [3.05, 3.63) is 23.8 Å². The van der Waals surface area contributed by atoms with Gasteiger partial charge in [0.1, 0.15) is 11.6 Å². The Balaban J connectivity index is 2.26. The van der Waals surface area contributed by atoms with Crippen molar-refractivity contribution in [3.8, 4) is 11.6 Å². The van der Waals surface area contributed by atoms with E-state index < -0.39 is 0 Å². The molecule has 2 aromatic rings. The number of hydrogen-bond acceptors (Lipinski definition) is 6. The highest BCUT2D eigenvalue weighted by Crippen LogP contribution is 2.26. The molecule has 2 rings (SSSR count). The van der Waals surface area contributed by atoms with Crippen molar-refractivity contribution in [2.45, 2.75) is 46.6 Å². The van der Waals surface area contributed by atoms with Crippen LogP contribution in [-0.4, -0.2) is 19.7 Å². The number of nitrogen functional groups attached to an aromatic ring is 1. The maximum absolute atomic E-state index is 5.84. The van der Waals surface area contributed by atoms with E-state index in [0.29, 0.717) is 23.3 Å². The van der Waals surface area contributed by atoms with Crippen LogP contribution >= 0.6 is 0 Å². The largest absolute Gasteiger partial charge is 0.435 e. The highest BCUT2D eigenvalue weighted by atomic mass is 16.5. The molecule has 0 radical (unpaired) electrons. The molecule has 0 atom stereocenters. The first kappa shape index (κ1) is 15.2. The molecule has 0 fully saturated rings. The van der Waals surface area contributed by atoms with E-state index in [-0.39, 0.29) is 0 Å². The molecule has 0 unspecified atom stereocenters. The van der Waals surface area contributed by atoms with Crippen molar-refractivity contribution in [2.75, 3.05) is 5.43 Å². The van der Waals surface area contributed by atoms with Gasteiger partial charge in [0, 0.05) is 13.0 Å². The zero-order valence-electron chi connectivity index (χ0n) is 12.8. The predicted octanol–water partition coefficient (Wildman–Crippen LogP) is 2.42. The van der Waals surface area contributed by atoms with Crippen LogP contribution in [0.2, 0.25) is 0 Å². The zero-order valence-corrected chi connectivity index (χ0v) is 12.8. The topological polar surface area (TPSA) is 90.9 Å². The van der Waals surface area contributed by atoms with E-state index >= 15 is 0 Å². The molecule has 7 nitrogen and oxygen atoms in total. The minimum absolute atomic E-state index is 0.512. The van der Waals surface area contributed by atoms with Crippen LogP contribution in [0.4, 0.5) is 5.82 Å². The quantitative estimate of drug-likeness (QED) is 0.601. The summed E-state index contributed by atoms with van der Waals surface area (Å²) in [5.74, 6) is 7.99. The summed E-state index contributed by atoms with van der Waals surface area (Å²) in [5, 5.41) is 4.24. The molecule has 2 heterocycles. The number of nitrogens with zero attached hydrogens (tertiary/aromatic N) is 4. The van der Waals surface area contributed by atoms with E-state index in [2.05, 4.69) is 34.3 Å². The number of rotatable bonds is 7. The van der Waals surface area contributed by atoms with Crippen LogP contribution in [-0.2, 0) is 13.0 Å². The first-order valence-electron chi connectivity index (χ1n) is 7.22. The molecule has 2 aromatic heterocycles. The van der Waals surface area contributed by atoms with Gasteiger partial charge >= 0.3 is 0 Å². The van der Waals surface area contributed by atoms with Crippen molar-refractivity contribution in [1.29, 1.82) is 0 Å². The molecule has 114 valence electrons. The van der Waals surface area contributed by atoms with Gasteiger partial charge in [0.05, 0.1) is 18.0 Å². The summed E-state index contributed by atoms with van der Waals surface area (Å²) in [7, 11) is 0. The summed E-state index contributed by atoms with van der Waals surface area (Å²) in [5.41, 5.74) is 3.37. The Labute approximate surface area is 124 Å². The average molecular weight is 290 g/mol. The van der Waals surface area contributed by atoms with E-state index in [1.54, 1.807) is 6.20 Å². The van der Waals surface area contributed by atoms with Gasteiger partial charge in [-0.2, -0.15) is 10.1 Å². The molecule has 7 heteroatoms. The summed E-state index contributed by atoms with van der Waals surface area (Å²) in [4.78, 5) is 8.82. The number of aromatic nitrogens is 4. The fraction of sp³-hybridized carbons (Fsp3) is 0.500. The molecular weight excluding hydrogens is 268 g/mol. The number of anilines is 1. The van der Waals surface area contributed by atoms with Gasteiger partial charge in [-0.25, -0.2) is 10.8 Å². The van der Waals surface area contributed by atoms with Gasteiger partial charge in [-0.1, -0.05) is 13.8 Å². The molecule has 21 heavy (non-hydrogen) atoms. The molecular formula is C14H22N6O. The number of ether oxygens (including phenoxy) is 1. The van der Waals surface area contributed by atoms with E-state index in [9.17, 15) is 0 Å². The molecule has 3 N–H and O–H groups in total. The first-order valence-corrected chi connectivity index (χ1v) is 7.22. The molecule has 0 amide bonds. The lowest BCUT2D eigenvalue weighted by atomic mass is 10.3. The van der Waals surface area contributed by atoms with Gasteiger partial charge < -0.3 is 10.2 Å². The van der Waals surface area contributed by atoms with Crippen molar-refractivity contribution in [3.63, 3.8) is 0 Å². The van der Waals surface area contributed by atoms with Crippen molar-refractivity contribution < 1.29 is 4.74 Å². The van der Waals surface area contributed by atoms with Crippen LogP contribution in [0.1, 0.15) is 38.1 Å². The zero-order chi connectivity index (χ0) is 15.2. The Morgan fingerprint density at radius 1 is 1.29 bits per heavy atom. The van der Waals surface area contributed by atoms with Crippen LogP contribution < -0.4 is 16.0 Å². The van der Waals surface area contributed by atoms with Crippen LogP contribution in [0, 0.1) is 6.92 Å². The molecule has 0 aliphatic rings. The number of nitrogens with two attached hydrogens (primary N) is 1. The highest BCUT2D eigenvalue weighted by molar-refractivity contribution is 5.48. The SMILES string of the molecule is CCCc1nc(NN)c(C)c(Oc2cnn(CCC)c2)n1. The van der Waals surface area contributed by atoms with Crippen molar-refractivity contribution in [2.24, 2.45) is 5.84 Å². The lowest BCUT2D eigenvalue weighted by molar-refractivity contribution is 0.453. The minimum atomic E-state index is 0.512. The summed E-state index contributed by atoms with van der Waals surface area (Å²) >= 11 is 0. The molecule has 0 saturated carbocycles. The third kappa shape index (κ3) is 3.69. The Kier molecular flexibility index (Phi) is 5.10. The second kappa shape index (κ2) is 7.03. The lowest BCUT2D eigenvalue weighted by Crippen LogP contribution is -2.13. The van der Waals surface area contributed by atoms with Gasteiger partial charge in [-0.15, -0.1) is 0 Å². The van der Waals surface area contributed by atoms with Crippen LogP contribution in [0.5, 0.6) is 11.6 Å². The van der Waals surface area contributed by atoms with E-state index in [4.69, 9.17) is 10.6 Å².